The molecule has 160 valence electrons. The van der Waals surface area contributed by atoms with E-state index in [0.29, 0.717) is 39.7 Å². The molecule has 7 nitrogen and oxygen atoms in total. The van der Waals surface area contributed by atoms with Crippen LogP contribution in [-0.4, -0.2) is 33.4 Å². The summed E-state index contributed by atoms with van der Waals surface area (Å²) in [6.07, 6.45) is 2.43. The molecular weight excluding hydrogens is 406 g/mol. The first-order chi connectivity index (χ1) is 14.2. The molecule has 0 spiro atoms. The monoisotopic (exact) mass is 431 g/mol. The summed E-state index contributed by atoms with van der Waals surface area (Å²) >= 11 is 6.41. The van der Waals surface area contributed by atoms with E-state index in [4.69, 9.17) is 25.5 Å². The van der Waals surface area contributed by atoms with Gasteiger partial charge in [-0.3, -0.25) is 0 Å². The van der Waals surface area contributed by atoms with Crippen LogP contribution < -0.4 is 0 Å². The lowest BCUT2D eigenvalue weighted by molar-refractivity contribution is -0.166. The van der Waals surface area contributed by atoms with Gasteiger partial charge in [-0.2, -0.15) is 5.10 Å². The second-order valence-electron chi connectivity index (χ2n) is 7.89. The van der Waals surface area contributed by atoms with Gasteiger partial charge in [0.25, 0.3) is 0 Å². The molecule has 0 N–H and O–H groups in total. The molecule has 0 aliphatic carbocycles. The van der Waals surface area contributed by atoms with Crippen LogP contribution in [0.2, 0.25) is 5.02 Å². The minimum Gasteiger partial charge on any atom is -0.467 e. The van der Waals surface area contributed by atoms with Gasteiger partial charge < -0.3 is 13.9 Å². The van der Waals surface area contributed by atoms with Crippen LogP contribution in [-0.2, 0) is 27.3 Å². The second kappa shape index (κ2) is 9.02. The molecule has 1 aromatic carbocycles. The van der Waals surface area contributed by atoms with Crippen LogP contribution in [0.25, 0.3) is 17.1 Å². The van der Waals surface area contributed by atoms with Crippen LogP contribution in [0.5, 0.6) is 0 Å². The molecule has 0 atom stereocenters. The summed E-state index contributed by atoms with van der Waals surface area (Å²) in [5, 5.41) is 5.19. The Morgan fingerprint density at radius 3 is 2.70 bits per heavy atom. The number of aromatic nitrogens is 3. The van der Waals surface area contributed by atoms with Crippen LogP contribution in [0.3, 0.4) is 0 Å². The highest BCUT2D eigenvalue weighted by molar-refractivity contribution is 6.32. The molecule has 30 heavy (non-hydrogen) atoms. The van der Waals surface area contributed by atoms with Gasteiger partial charge >= 0.3 is 5.97 Å². The maximum absolute atomic E-state index is 11.9. The van der Waals surface area contributed by atoms with Gasteiger partial charge in [0.05, 0.1) is 36.3 Å². The van der Waals surface area contributed by atoms with E-state index in [1.807, 2.05) is 24.3 Å². The van der Waals surface area contributed by atoms with Crippen LogP contribution >= 0.6 is 11.6 Å². The van der Waals surface area contributed by atoms with Crippen molar-refractivity contribution >= 4 is 17.6 Å². The fraction of sp³-hybridized carbons (Fsp3) is 0.409. The minimum absolute atomic E-state index is 0.111. The number of methoxy groups -OCH3 is 1. The maximum atomic E-state index is 11.9. The zero-order valence-corrected chi connectivity index (χ0v) is 18.6. The largest absolute Gasteiger partial charge is 0.467 e. The summed E-state index contributed by atoms with van der Waals surface area (Å²) in [5.74, 6) is 1.21. The van der Waals surface area contributed by atoms with Gasteiger partial charge in [-0.25, -0.2) is 14.5 Å². The number of rotatable bonds is 8. The van der Waals surface area contributed by atoms with E-state index in [9.17, 15) is 4.79 Å². The lowest BCUT2D eigenvalue weighted by Gasteiger charge is -2.21. The van der Waals surface area contributed by atoms with Crippen LogP contribution in [0.4, 0.5) is 0 Å². The van der Waals surface area contributed by atoms with Crippen LogP contribution in [0, 0.1) is 5.92 Å². The van der Waals surface area contributed by atoms with Gasteiger partial charge in [0.1, 0.15) is 5.69 Å². The third-order valence-electron chi connectivity index (χ3n) is 4.49. The normalized spacial score (nSPS) is 11.8. The molecular formula is C22H26ClN3O4. The number of carbonyl (C=O) groups excluding carboxylic acids is 1. The predicted molar refractivity (Wildman–Crippen MR) is 113 cm³/mol. The molecule has 0 radical (unpaired) electrons. The standard InChI is InChI=1S/C22H26ClN3O4/c1-14(2)10-20-24-12-19(30-20)18-11-15(13-29-22(3,4)21(27)28-5)25-26(18)17-9-7-6-8-16(17)23/h6-9,11-12,14H,10,13H2,1-5H3. The molecule has 0 bridgehead atoms. The van der Waals surface area contributed by atoms with E-state index in [2.05, 4.69) is 23.9 Å². The van der Waals surface area contributed by atoms with E-state index in [1.165, 1.54) is 7.11 Å². The Balaban J connectivity index is 1.97. The highest BCUT2D eigenvalue weighted by atomic mass is 35.5. The quantitative estimate of drug-likeness (QED) is 0.474. The van der Waals surface area contributed by atoms with Crippen molar-refractivity contribution in [2.24, 2.45) is 5.92 Å². The van der Waals surface area contributed by atoms with E-state index >= 15 is 0 Å². The zero-order valence-electron chi connectivity index (χ0n) is 17.8. The molecule has 8 heteroatoms. The fourth-order valence-electron chi connectivity index (χ4n) is 2.91. The van der Waals surface area contributed by atoms with E-state index < -0.39 is 11.6 Å². The Morgan fingerprint density at radius 1 is 1.30 bits per heavy atom. The van der Waals surface area contributed by atoms with Gasteiger partial charge in [0, 0.05) is 6.42 Å². The average Bonchev–Trinajstić information content (AvgIpc) is 3.32. The summed E-state index contributed by atoms with van der Waals surface area (Å²) in [4.78, 5) is 16.3. The molecule has 0 saturated heterocycles. The van der Waals surface area contributed by atoms with Crippen LogP contribution in [0.15, 0.2) is 40.9 Å². The van der Waals surface area contributed by atoms with Gasteiger partial charge in [0.2, 0.25) is 0 Å². The smallest absolute Gasteiger partial charge is 0.337 e. The van der Waals surface area contributed by atoms with E-state index in [1.54, 1.807) is 30.8 Å². The molecule has 0 unspecified atom stereocenters. The summed E-state index contributed by atoms with van der Waals surface area (Å²) in [6, 6.07) is 9.24. The Bertz CT molecular complexity index is 1020. The molecule has 0 amide bonds. The Labute approximate surface area is 181 Å². The van der Waals surface area contributed by atoms with Crippen molar-refractivity contribution in [3.63, 3.8) is 0 Å². The minimum atomic E-state index is -1.10. The van der Waals surface area contributed by atoms with Gasteiger partial charge in [-0.15, -0.1) is 0 Å². The summed E-state index contributed by atoms with van der Waals surface area (Å²) in [6.45, 7) is 7.63. The molecule has 3 aromatic rings. The lowest BCUT2D eigenvalue weighted by Crippen LogP contribution is -2.35. The van der Waals surface area contributed by atoms with Crippen molar-refractivity contribution in [3.05, 3.63) is 53.1 Å². The number of benzene rings is 1. The van der Waals surface area contributed by atoms with E-state index in [0.717, 1.165) is 6.42 Å². The first-order valence-electron chi connectivity index (χ1n) is 9.72. The van der Waals surface area contributed by atoms with Crippen molar-refractivity contribution in [1.82, 2.24) is 14.8 Å². The fourth-order valence-corrected chi connectivity index (χ4v) is 3.13. The number of ether oxygens (including phenoxy) is 2. The number of hydrogen-bond donors (Lipinski definition) is 0. The molecule has 2 aromatic heterocycles. The van der Waals surface area contributed by atoms with Crippen molar-refractivity contribution in [3.8, 4) is 17.1 Å². The zero-order chi connectivity index (χ0) is 21.9. The number of hydrogen-bond acceptors (Lipinski definition) is 6. The number of oxazole rings is 1. The summed E-state index contributed by atoms with van der Waals surface area (Å²) < 4.78 is 18.2. The summed E-state index contributed by atoms with van der Waals surface area (Å²) in [7, 11) is 1.33. The second-order valence-corrected chi connectivity index (χ2v) is 8.30. The first-order valence-corrected chi connectivity index (χ1v) is 10.1. The van der Waals surface area contributed by atoms with Crippen LogP contribution in [0.1, 0.15) is 39.3 Å². The Hall–Kier alpha value is -2.64. The predicted octanol–water partition coefficient (Wildman–Crippen LogP) is 4.85. The third kappa shape index (κ3) is 4.91. The number of halogens is 1. The topological polar surface area (TPSA) is 79.4 Å². The van der Waals surface area contributed by atoms with Gasteiger partial charge in [-0.1, -0.05) is 37.6 Å². The molecule has 0 aliphatic rings. The number of carbonyl (C=O) groups is 1. The first kappa shape index (κ1) is 22.1. The lowest BCUT2D eigenvalue weighted by atomic mass is 10.1. The summed E-state index contributed by atoms with van der Waals surface area (Å²) in [5.41, 5.74) is 0.915. The number of nitrogens with zero attached hydrogens (tertiary/aromatic N) is 3. The maximum Gasteiger partial charge on any atom is 0.337 e. The average molecular weight is 432 g/mol. The van der Waals surface area contributed by atoms with Gasteiger partial charge in [0.15, 0.2) is 17.3 Å². The van der Waals surface area contributed by atoms with Crippen molar-refractivity contribution in [1.29, 1.82) is 0 Å². The number of para-hydroxylation sites is 1. The van der Waals surface area contributed by atoms with Crippen molar-refractivity contribution in [2.45, 2.75) is 46.3 Å². The van der Waals surface area contributed by atoms with Gasteiger partial charge in [-0.05, 0) is 38.0 Å². The molecule has 0 saturated carbocycles. The SMILES string of the molecule is COC(=O)C(C)(C)OCc1cc(-c2cnc(CC(C)C)o2)n(-c2ccccc2Cl)n1. The molecule has 2 heterocycles. The Morgan fingerprint density at radius 2 is 2.03 bits per heavy atom. The molecule has 3 rings (SSSR count). The third-order valence-corrected chi connectivity index (χ3v) is 4.81. The molecule has 0 aliphatic heterocycles. The van der Waals surface area contributed by atoms with Crippen molar-refractivity contribution in [2.75, 3.05) is 7.11 Å². The highest BCUT2D eigenvalue weighted by Gasteiger charge is 2.30. The van der Waals surface area contributed by atoms with Crippen molar-refractivity contribution < 1.29 is 18.7 Å². The Kier molecular flexibility index (Phi) is 6.63. The number of esters is 1. The highest BCUT2D eigenvalue weighted by Crippen LogP contribution is 2.29. The molecule has 0 fully saturated rings. The van der Waals surface area contributed by atoms with E-state index in [-0.39, 0.29) is 6.61 Å².